The number of rotatable bonds is 7. The number of carbonyl (C=O) groups excluding carboxylic acids is 1. The average molecular weight is 510 g/mol. The molecule has 1 unspecified atom stereocenters. The van der Waals surface area contributed by atoms with Crippen LogP contribution in [0, 0.1) is 23.6 Å². The molecule has 1 aliphatic heterocycles. The van der Waals surface area contributed by atoms with E-state index in [-0.39, 0.29) is 30.1 Å². The van der Waals surface area contributed by atoms with E-state index in [9.17, 15) is 14.3 Å². The van der Waals surface area contributed by atoms with E-state index in [2.05, 4.69) is 21.8 Å². The van der Waals surface area contributed by atoms with E-state index >= 15 is 0 Å². The van der Waals surface area contributed by atoms with Gasteiger partial charge in [0.25, 0.3) is 0 Å². The summed E-state index contributed by atoms with van der Waals surface area (Å²) in [6.45, 7) is 5.97. The number of ether oxygens (including phenoxy) is 2. The zero-order chi connectivity index (χ0) is 26.7. The van der Waals surface area contributed by atoms with Crippen molar-refractivity contribution in [1.29, 1.82) is 0 Å². The molecule has 4 rings (SSSR count). The van der Waals surface area contributed by atoms with Gasteiger partial charge in [-0.1, -0.05) is 32.6 Å². The maximum atomic E-state index is 14.3. The smallest absolute Gasteiger partial charge is 0.312 e. The lowest BCUT2D eigenvalue weighted by atomic mass is 10.0. The number of carbonyl (C=O) groups is 1. The zero-order valence-corrected chi connectivity index (χ0v) is 21.1. The van der Waals surface area contributed by atoms with Gasteiger partial charge >= 0.3 is 5.97 Å². The third kappa shape index (κ3) is 6.07. The van der Waals surface area contributed by atoms with Gasteiger partial charge < -0.3 is 30.6 Å². The average Bonchev–Trinajstić information content (AvgIpc) is 3.39. The van der Waals surface area contributed by atoms with Gasteiger partial charge in [0.2, 0.25) is 0 Å². The van der Waals surface area contributed by atoms with Gasteiger partial charge in [0.05, 0.1) is 29.6 Å². The number of esters is 1. The second-order valence-electron chi connectivity index (χ2n) is 9.71. The second-order valence-corrected chi connectivity index (χ2v) is 9.71. The Hall–Kier alpha value is -3.52. The number of aliphatic hydroxyl groups is 1. The van der Waals surface area contributed by atoms with Crippen molar-refractivity contribution in [1.82, 2.24) is 14.5 Å². The topological polar surface area (TPSA) is 139 Å². The summed E-state index contributed by atoms with van der Waals surface area (Å²) >= 11 is 0. The summed E-state index contributed by atoms with van der Waals surface area (Å²) in [6, 6.07) is 3.70. The first kappa shape index (κ1) is 26.5. The van der Waals surface area contributed by atoms with E-state index in [0.717, 1.165) is 0 Å². The highest BCUT2D eigenvalue weighted by Crippen LogP contribution is 2.35. The molecule has 1 fully saturated rings. The fourth-order valence-corrected chi connectivity index (χ4v) is 4.54. The number of nitrogens with two attached hydrogens (primary N) is 2. The summed E-state index contributed by atoms with van der Waals surface area (Å²) in [6.07, 6.45) is 3.59. The largest absolute Gasteiger partial charge is 0.423 e. The normalized spacial score (nSPS) is 20.1. The van der Waals surface area contributed by atoms with Crippen LogP contribution in [0.2, 0.25) is 0 Å². The number of fused-ring (bicyclic) bond motifs is 1. The number of hydrogen-bond donors (Lipinski definition) is 3. The molecular weight excluding hydrogens is 477 g/mol. The van der Waals surface area contributed by atoms with E-state index in [0.29, 0.717) is 47.3 Å². The van der Waals surface area contributed by atoms with Gasteiger partial charge in [-0.15, -0.1) is 0 Å². The fourth-order valence-electron chi connectivity index (χ4n) is 4.54. The molecule has 37 heavy (non-hydrogen) atoms. The van der Waals surface area contributed by atoms with Gasteiger partial charge in [-0.05, 0) is 37.0 Å². The summed E-state index contributed by atoms with van der Waals surface area (Å²) in [5.74, 6) is 5.12. The van der Waals surface area contributed by atoms with Crippen molar-refractivity contribution in [3.05, 3.63) is 47.7 Å². The fraction of sp³-hybridized carbons (Fsp3) is 0.444. The van der Waals surface area contributed by atoms with Gasteiger partial charge in [-0.2, -0.15) is 0 Å². The lowest BCUT2D eigenvalue weighted by molar-refractivity contribution is -0.135. The first-order valence-electron chi connectivity index (χ1n) is 12.4. The highest BCUT2D eigenvalue weighted by atomic mass is 19.1. The Kier molecular flexibility index (Phi) is 8.07. The highest BCUT2D eigenvalue weighted by Gasteiger charge is 2.34. The van der Waals surface area contributed by atoms with E-state index in [1.165, 1.54) is 24.5 Å². The predicted molar refractivity (Wildman–Crippen MR) is 137 cm³/mol. The molecule has 0 radical (unpaired) electrons. The van der Waals surface area contributed by atoms with Crippen LogP contribution in [0.5, 0.6) is 5.75 Å². The number of anilines is 1. The summed E-state index contributed by atoms with van der Waals surface area (Å²) in [7, 11) is 0. The molecule has 0 saturated carbocycles. The third-order valence-corrected chi connectivity index (χ3v) is 6.25. The van der Waals surface area contributed by atoms with Crippen LogP contribution >= 0.6 is 0 Å². The second kappa shape index (κ2) is 11.3. The molecule has 0 amide bonds. The van der Waals surface area contributed by atoms with Gasteiger partial charge in [-0.25, -0.2) is 14.4 Å². The van der Waals surface area contributed by atoms with Crippen molar-refractivity contribution in [2.75, 3.05) is 5.73 Å². The lowest BCUT2D eigenvalue weighted by Crippen LogP contribution is -2.27. The number of nitrogen functional groups attached to an aromatic ring is 1. The Bertz CT molecular complexity index is 1350. The maximum absolute atomic E-state index is 14.3. The molecule has 2 aromatic heterocycles. The third-order valence-electron chi connectivity index (χ3n) is 6.25. The molecule has 196 valence electrons. The molecule has 9 nitrogen and oxygen atoms in total. The molecular formula is C27H32FN5O4. The van der Waals surface area contributed by atoms with E-state index in [4.69, 9.17) is 20.9 Å². The molecule has 10 heteroatoms. The Morgan fingerprint density at radius 1 is 1.35 bits per heavy atom. The number of halogens is 1. The van der Waals surface area contributed by atoms with Gasteiger partial charge in [0, 0.05) is 24.2 Å². The van der Waals surface area contributed by atoms with Crippen LogP contribution in [-0.2, 0) is 9.53 Å². The Morgan fingerprint density at radius 3 is 2.84 bits per heavy atom. The minimum Gasteiger partial charge on any atom is -0.423 e. The van der Waals surface area contributed by atoms with Crippen LogP contribution in [0.3, 0.4) is 0 Å². The van der Waals surface area contributed by atoms with Crippen molar-refractivity contribution < 1.29 is 23.8 Å². The molecule has 0 bridgehead atoms. The molecule has 0 aliphatic carbocycles. The molecule has 1 aliphatic rings. The number of benzene rings is 1. The SMILES string of the molecule is CC[C@H]1O[C@@H](n2cc(C#Cc3ccc(F)c(OC(=O)CC(N)CC(C)C)c3)c3c(N)ncnc32)C[C@@H]1O. The minimum atomic E-state index is -0.673. The maximum Gasteiger partial charge on any atom is 0.312 e. The Morgan fingerprint density at radius 2 is 2.14 bits per heavy atom. The van der Waals surface area contributed by atoms with Crippen molar-refractivity contribution in [3.8, 4) is 17.6 Å². The summed E-state index contributed by atoms with van der Waals surface area (Å²) in [5.41, 5.74) is 13.6. The molecule has 4 atom stereocenters. The Labute approximate surface area is 215 Å². The summed E-state index contributed by atoms with van der Waals surface area (Å²) in [5, 5.41) is 10.9. The Balaban J connectivity index is 1.60. The van der Waals surface area contributed by atoms with E-state index in [1.807, 2.05) is 20.8 Å². The van der Waals surface area contributed by atoms with Crippen LogP contribution in [0.15, 0.2) is 30.7 Å². The van der Waals surface area contributed by atoms with E-state index < -0.39 is 24.1 Å². The predicted octanol–water partition coefficient (Wildman–Crippen LogP) is 3.28. The first-order chi connectivity index (χ1) is 17.7. The van der Waals surface area contributed by atoms with Crippen molar-refractivity contribution in [2.45, 2.75) is 70.9 Å². The van der Waals surface area contributed by atoms with Gasteiger partial charge in [0.1, 0.15) is 24.0 Å². The van der Waals surface area contributed by atoms with Crippen LogP contribution in [0.1, 0.15) is 63.8 Å². The zero-order valence-electron chi connectivity index (χ0n) is 21.1. The lowest BCUT2D eigenvalue weighted by Gasteiger charge is -2.14. The van der Waals surface area contributed by atoms with Crippen LogP contribution in [-0.4, -0.2) is 43.9 Å². The number of aromatic nitrogens is 3. The van der Waals surface area contributed by atoms with Crippen LogP contribution in [0.4, 0.5) is 10.2 Å². The minimum absolute atomic E-state index is 0.0108. The number of nitrogens with zero attached hydrogens (tertiary/aromatic N) is 3. The van der Waals surface area contributed by atoms with Crippen LogP contribution in [0.25, 0.3) is 11.0 Å². The molecule has 3 heterocycles. The molecule has 0 spiro atoms. The number of hydrogen-bond acceptors (Lipinski definition) is 8. The molecule has 5 N–H and O–H groups in total. The first-order valence-corrected chi connectivity index (χ1v) is 12.4. The summed E-state index contributed by atoms with van der Waals surface area (Å²) < 4.78 is 27.4. The van der Waals surface area contributed by atoms with Gasteiger partial charge in [0.15, 0.2) is 11.6 Å². The standard InChI is InChI=1S/C27H32FN5O4/c1-4-21-20(34)12-23(36-21)33-13-17(25-26(30)31-14-32-27(25)33)7-5-16-6-8-19(28)22(10-16)37-24(35)11-18(29)9-15(2)3/h6,8,10,13-15,18,20-21,23,34H,4,9,11-12,29H2,1-3H3,(H2,30,31,32)/t18?,20-,21+,23+/m0/s1. The number of aliphatic hydroxyl groups excluding tert-OH is 1. The van der Waals surface area contributed by atoms with Crippen molar-refractivity contribution in [2.24, 2.45) is 11.7 Å². The molecule has 1 saturated heterocycles. The van der Waals surface area contributed by atoms with Gasteiger partial charge in [-0.3, -0.25) is 4.79 Å². The van der Waals surface area contributed by atoms with Crippen LogP contribution < -0.4 is 16.2 Å². The van der Waals surface area contributed by atoms with Crippen molar-refractivity contribution >= 4 is 22.8 Å². The monoisotopic (exact) mass is 509 g/mol. The molecule has 1 aromatic carbocycles. The van der Waals surface area contributed by atoms with E-state index in [1.54, 1.807) is 10.8 Å². The quantitative estimate of drug-likeness (QED) is 0.251. The highest BCUT2D eigenvalue weighted by molar-refractivity contribution is 5.92. The molecule has 3 aromatic rings. The summed E-state index contributed by atoms with van der Waals surface area (Å²) in [4.78, 5) is 20.7. The van der Waals surface area contributed by atoms with Crippen molar-refractivity contribution in [3.63, 3.8) is 0 Å².